The Morgan fingerprint density at radius 3 is 2.47 bits per heavy atom. The second kappa shape index (κ2) is 4.24. The molecule has 3 N–H and O–H groups in total. The third kappa shape index (κ3) is 3.19. The number of amides is 1. The van der Waals surface area contributed by atoms with E-state index >= 15 is 0 Å². The maximum absolute atomic E-state index is 10.9. The SMILES string of the molecule is NC(=O)C=Cc1ccccc1S(=O)(=O)O. The zero-order chi connectivity index (χ0) is 11.5. The summed E-state index contributed by atoms with van der Waals surface area (Å²) in [5, 5.41) is 0. The van der Waals surface area contributed by atoms with Crippen molar-refractivity contribution in [3.8, 4) is 0 Å². The van der Waals surface area contributed by atoms with Crippen LogP contribution < -0.4 is 5.73 Å². The van der Waals surface area contributed by atoms with E-state index in [-0.39, 0.29) is 10.5 Å². The van der Waals surface area contributed by atoms with Gasteiger partial charge in [0.2, 0.25) is 5.91 Å². The Morgan fingerprint density at radius 1 is 1.33 bits per heavy atom. The van der Waals surface area contributed by atoms with Gasteiger partial charge >= 0.3 is 0 Å². The zero-order valence-corrected chi connectivity index (χ0v) is 8.44. The van der Waals surface area contributed by atoms with Gasteiger partial charge in [0.05, 0.1) is 0 Å². The van der Waals surface area contributed by atoms with Gasteiger partial charge in [0.1, 0.15) is 4.90 Å². The van der Waals surface area contributed by atoms with Crippen LogP contribution in [0, 0.1) is 0 Å². The fourth-order valence-electron chi connectivity index (χ4n) is 1.03. The summed E-state index contributed by atoms with van der Waals surface area (Å²) in [7, 11) is -4.28. The second-order valence-corrected chi connectivity index (χ2v) is 4.14. The fourth-order valence-corrected chi connectivity index (χ4v) is 1.71. The summed E-state index contributed by atoms with van der Waals surface area (Å²) in [6, 6.07) is 5.72. The number of carbonyl (C=O) groups is 1. The smallest absolute Gasteiger partial charge is 0.295 e. The van der Waals surface area contributed by atoms with E-state index in [2.05, 4.69) is 0 Å². The van der Waals surface area contributed by atoms with E-state index < -0.39 is 16.0 Å². The summed E-state index contributed by atoms with van der Waals surface area (Å²) in [6.07, 6.45) is 2.25. The molecule has 1 rings (SSSR count). The van der Waals surface area contributed by atoms with Crippen LogP contribution in [-0.2, 0) is 14.9 Å². The van der Waals surface area contributed by atoms with Crippen molar-refractivity contribution in [1.82, 2.24) is 0 Å². The average molecular weight is 227 g/mol. The third-order valence-electron chi connectivity index (χ3n) is 1.62. The molecule has 0 aliphatic carbocycles. The lowest BCUT2D eigenvalue weighted by Crippen LogP contribution is -2.06. The number of benzene rings is 1. The maximum atomic E-state index is 10.9. The van der Waals surface area contributed by atoms with E-state index in [1.165, 1.54) is 24.3 Å². The maximum Gasteiger partial charge on any atom is 0.295 e. The minimum atomic E-state index is -4.28. The van der Waals surface area contributed by atoms with Crippen molar-refractivity contribution in [2.24, 2.45) is 5.73 Å². The van der Waals surface area contributed by atoms with Gasteiger partial charge in [-0.2, -0.15) is 8.42 Å². The van der Waals surface area contributed by atoms with Gasteiger partial charge in [0.15, 0.2) is 0 Å². The molecule has 6 heteroatoms. The van der Waals surface area contributed by atoms with Crippen molar-refractivity contribution >= 4 is 22.1 Å². The van der Waals surface area contributed by atoms with Gasteiger partial charge < -0.3 is 5.73 Å². The molecule has 1 amide bonds. The van der Waals surface area contributed by atoms with E-state index in [1.807, 2.05) is 0 Å². The number of nitrogens with two attached hydrogens (primary N) is 1. The molecule has 0 spiro atoms. The fraction of sp³-hybridized carbons (Fsp3) is 0. The molecule has 0 fully saturated rings. The zero-order valence-electron chi connectivity index (χ0n) is 7.62. The van der Waals surface area contributed by atoms with Gasteiger partial charge in [-0.1, -0.05) is 18.2 Å². The topological polar surface area (TPSA) is 97.5 Å². The van der Waals surface area contributed by atoms with E-state index in [1.54, 1.807) is 6.07 Å². The predicted molar refractivity (Wildman–Crippen MR) is 54.5 cm³/mol. The lowest BCUT2D eigenvalue weighted by molar-refractivity contribution is -0.113. The number of carbonyl (C=O) groups excluding carboxylic acids is 1. The van der Waals surface area contributed by atoms with E-state index in [0.29, 0.717) is 0 Å². The Morgan fingerprint density at radius 2 is 1.93 bits per heavy atom. The van der Waals surface area contributed by atoms with Crippen molar-refractivity contribution in [3.63, 3.8) is 0 Å². The quantitative estimate of drug-likeness (QED) is 0.578. The van der Waals surface area contributed by atoms with Gasteiger partial charge in [0.25, 0.3) is 10.1 Å². The highest BCUT2D eigenvalue weighted by Crippen LogP contribution is 2.16. The minimum Gasteiger partial charge on any atom is -0.366 e. The van der Waals surface area contributed by atoms with Crippen molar-refractivity contribution in [1.29, 1.82) is 0 Å². The molecule has 5 nitrogen and oxygen atoms in total. The van der Waals surface area contributed by atoms with Crippen LogP contribution in [0.15, 0.2) is 35.2 Å². The van der Waals surface area contributed by atoms with Crippen molar-refractivity contribution < 1.29 is 17.8 Å². The molecule has 0 unspecified atom stereocenters. The third-order valence-corrected chi connectivity index (χ3v) is 2.55. The van der Waals surface area contributed by atoms with Gasteiger partial charge in [-0.15, -0.1) is 0 Å². The van der Waals surface area contributed by atoms with Crippen molar-refractivity contribution in [2.75, 3.05) is 0 Å². The van der Waals surface area contributed by atoms with Gasteiger partial charge in [0, 0.05) is 6.08 Å². The molecular weight excluding hydrogens is 218 g/mol. The van der Waals surface area contributed by atoms with Crippen LogP contribution in [0.25, 0.3) is 6.08 Å². The summed E-state index contributed by atoms with van der Waals surface area (Å²) < 4.78 is 30.7. The molecule has 80 valence electrons. The normalized spacial score (nSPS) is 11.8. The van der Waals surface area contributed by atoms with Crippen LogP contribution in [0.5, 0.6) is 0 Å². The first-order chi connectivity index (χ1) is 6.91. The molecule has 1 aromatic carbocycles. The summed E-state index contributed by atoms with van der Waals surface area (Å²) >= 11 is 0. The lowest BCUT2D eigenvalue weighted by Gasteiger charge is -2.00. The molecule has 0 atom stereocenters. The molecule has 0 aliphatic heterocycles. The van der Waals surface area contributed by atoms with Crippen LogP contribution in [0.1, 0.15) is 5.56 Å². The van der Waals surface area contributed by atoms with Gasteiger partial charge in [-0.25, -0.2) is 0 Å². The molecule has 15 heavy (non-hydrogen) atoms. The largest absolute Gasteiger partial charge is 0.366 e. The molecule has 0 bridgehead atoms. The van der Waals surface area contributed by atoms with Crippen molar-refractivity contribution in [3.05, 3.63) is 35.9 Å². The predicted octanol–water partition coefficient (Wildman–Crippen LogP) is 0.432. The second-order valence-electron chi connectivity index (χ2n) is 2.75. The summed E-state index contributed by atoms with van der Waals surface area (Å²) in [4.78, 5) is 10.2. The first kappa shape index (κ1) is 11.4. The molecule has 0 aliphatic rings. The van der Waals surface area contributed by atoms with Gasteiger partial charge in [-0.05, 0) is 17.7 Å². The summed E-state index contributed by atoms with van der Waals surface area (Å²) in [5.41, 5.74) is 5.07. The van der Waals surface area contributed by atoms with Crippen LogP contribution in [0.4, 0.5) is 0 Å². The molecule has 0 heterocycles. The Labute approximate surface area is 87.0 Å². The standard InChI is InChI=1S/C9H9NO4S/c10-9(11)6-5-7-3-1-2-4-8(7)15(12,13)14/h1-6H,(H2,10,11)(H,12,13,14). The van der Waals surface area contributed by atoms with E-state index in [9.17, 15) is 13.2 Å². The number of rotatable bonds is 3. The monoisotopic (exact) mass is 227 g/mol. The average Bonchev–Trinajstić information content (AvgIpc) is 2.13. The highest BCUT2D eigenvalue weighted by molar-refractivity contribution is 7.85. The lowest BCUT2D eigenvalue weighted by atomic mass is 10.2. The highest BCUT2D eigenvalue weighted by atomic mass is 32.2. The Bertz CT molecular complexity index is 505. The first-order valence-corrected chi connectivity index (χ1v) is 5.39. The van der Waals surface area contributed by atoms with Gasteiger partial charge in [-0.3, -0.25) is 9.35 Å². The van der Waals surface area contributed by atoms with E-state index in [4.69, 9.17) is 10.3 Å². The molecule has 0 radical (unpaired) electrons. The molecule has 0 aromatic heterocycles. The Kier molecular flexibility index (Phi) is 3.23. The number of hydrogen-bond acceptors (Lipinski definition) is 3. The molecular formula is C9H9NO4S. The molecule has 1 aromatic rings. The number of hydrogen-bond donors (Lipinski definition) is 2. The van der Waals surface area contributed by atoms with Crippen LogP contribution >= 0.6 is 0 Å². The number of primary amides is 1. The Hall–Kier alpha value is -1.66. The summed E-state index contributed by atoms with van der Waals surface area (Å²) in [6.45, 7) is 0. The first-order valence-electron chi connectivity index (χ1n) is 3.95. The molecule has 0 saturated heterocycles. The van der Waals surface area contributed by atoms with Crippen LogP contribution in [0.2, 0.25) is 0 Å². The van der Waals surface area contributed by atoms with E-state index in [0.717, 1.165) is 6.08 Å². The minimum absolute atomic E-state index is 0.207. The van der Waals surface area contributed by atoms with Crippen LogP contribution in [0.3, 0.4) is 0 Å². The van der Waals surface area contributed by atoms with Crippen LogP contribution in [-0.4, -0.2) is 18.9 Å². The van der Waals surface area contributed by atoms with Crippen molar-refractivity contribution in [2.45, 2.75) is 4.90 Å². The summed E-state index contributed by atoms with van der Waals surface area (Å²) in [5.74, 6) is -0.694. The molecule has 0 saturated carbocycles. The Balaban J connectivity index is 3.25. The highest BCUT2D eigenvalue weighted by Gasteiger charge is 2.12.